The van der Waals surface area contributed by atoms with Crippen LogP contribution in [0.25, 0.3) is 0 Å². The van der Waals surface area contributed by atoms with Gasteiger partial charge in [-0.2, -0.15) is 0 Å². The maximum absolute atomic E-state index is 12.3. The zero-order chi connectivity index (χ0) is 17.5. The minimum absolute atomic E-state index is 0.0400. The lowest BCUT2D eigenvalue weighted by atomic mass is 10.2. The van der Waals surface area contributed by atoms with E-state index >= 15 is 0 Å². The topological polar surface area (TPSA) is 64.7 Å². The quantitative estimate of drug-likeness (QED) is 0.755. The number of para-hydroxylation sites is 1. The van der Waals surface area contributed by atoms with Crippen molar-refractivity contribution >= 4 is 17.5 Å². The summed E-state index contributed by atoms with van der Waals surface area (Å²) >= 11 is 0. The smallest absolute Gasteiger partial charge is 0.237 e. The number of carbonyl (C=O) groups excluding carboxylic acids is 2. The highest BCUT2D eigenvalue weighted by Gasteiger charge is 2.22. The fourth-order valence-corrected chi connectivity index (χ4v) is 3.49. The lowest BCUT2D eigenvalue weighted by Crippen LogP contribution is -2.49. The molecule has 6 nitrogen and oxygen atoms in total. The highest BCUT2D eigenvalue weighted by atomic mass is 16.2. The second-order valence-electron chi connectivity index (χ2n) is 6.75. The van der Waals surface area contributed by atoms with Crippen molar-refractivity contribution in [2.24, 2.45) is 0 Å². The molecule has 1 aromatic carbocycles. The van der Waals surface area contributed by atoms with E-state index in [9.17, 15) is 9.59 Å². The maximum atomic E-state index is 12.3. The Morgan fingerprint density at radius 1 is 1.12 bits per heavy atom. The van der Waals surface area contributed by atoms with Gasteiger partial charge in [-0.05, 0) is 37.9 Å². The van der Waals surface area contributed by atoms with Crippen LogP contribution in [0.5, 0.6) is 0 Å². The third-order valence-electron chi connectivity index (χ3n) is 5.00. The van der Waals surface area contributed by atoms with E-state index in [1.807, 2.05) is 23.1 Å². The molecule has 0 aliphatic carbocycles. The zero-order valence-corrected chi connectivity index (χ0v) is 14.7. The van der Waals surface area contributed by atoms with Gasteiger partial charge in [0.2, 0.25) is 11.8 Å². The van der Waals surface area contributed by atoms with Gasteiger partial charge in [0.05, 0.1) is 6.04 Å². The zero-order valence-electron chi connectivity index (χ0n) is 14.7. The molecule has 1 aromatic rings. The number of piperazine rings is 1. The first-order valence-corrected chi connectivity index (χ1v) is 9.33. The summed E-state index contributed by atoms with van der Waals surface area (Å²) in [6, 6.07) is 10.3. The average molecular weight is 344 g/mol. The number of benzene rings is 1. The van der Waals surface area contributed by atoms with Crippen LogP contribution in [-0.4, -0.2) is 62.0 Å². The van der Waals surface area contributed by atoms with Gasteiger partial charge in [0.15, 0.2) is 0 Å². The van der Waals surface area contributed by atoms with E-state index in [1.54, 1.807) is 0 Å². The Kier molecular flexibility index (Phi) is 6.28. The predicted octanol–water partition coefficient (Wildman–Crippen LogP) is 0.984. The maximum Gasteiger partial charge on any atom is 0.237 e. The Morgan fingerprint density at radius 3 is 2.56 bits per heavy atom. The number of hydrogen-bond donors (Lipinski definition) is 2. The van der Waals surface area contributed by atoms with Gasteiger partial charge >= 0.3 is 0 Å². The van der Waals surface area contributed by atoms with Crippen molar-refractivity contribution in [1.29, 1.82) is 0 Å². The summed E-state index contributed by atoms with van der Waals surface area (Å²) in [5, 5.41) is 6.11. The Balaban J connectivity index is 1.32. The molecule has 0 bridgehead atoms. The molecule has 2 saturated heterocycles. The molecule has 6 heteroatoms. The second kappa shape index (κ2) is 8.85. The Morgan fingerprint density at radius 2 is 1.88 bits per heavy atom. The van der Waals surface area contributed by atoms with Gasteiger partial charge in [-0.25, -0.2) is 0 Å². The molecule has 0 spiro atoms. The summed E-state index contributed by atoms with van der Waals surface area (Å²) in [5.74, 6) is 0.266. The molecule has 1 unspecified atom stereocenters. The lowest BCUT2D eigenvalue weighted by Gasteiger charge is -2.36. The minimum Gasteiger partial charge on any atom is -0.368 e. The van der Waals surface area contributed by atoms with Crippen molar-refractivity contribution in [1.82, 2.24) is 15.5 Å². The lowest BCUT2D eigenvalue weighted by molar-refractivity contribution is -0.131. The van der Waals surface area contributed by atoms with Crippen LogP contribution in [0.1, 0.15) is 25.7 Å². The third-order valence-corrected chi connectivity index (χ3v) is 5.00. The molecule has 2 heterocycles. The molecular weight excluding hydrogens is 316 g/mol. The van der Waals surface area contributed by atoms with E-state index in [4.69, 9.17) is 0 Å². The number of amides is 2. The summed E-state index contributed by atoms with van der Waals surface area (Å²) in [7, 11) is 0. The molecule has 2 amide bonds. The molecule has 1 atom stereocenters. The van der Waals surface area contributed by atoms with Gasteiger partial charge < -0.3 is 20.4 Å². The van der Waals surface area contributed by atoms with Crippen LogP contribution in [0.15, 0.2) is 30.3 Å². The van der Waals surface area contributed by atoms with E-state index in [0.717, 1.165) is 45.6 Å². The summed E-state index contributed by atoms with van der Waals surface area (Å²) in [6.07, 6.45) is 3.18. The minimum atomic E-state index is -0.0400. The standard InChI is InChI=1S/C19H28N4O2/c24-18(9-5-11-21-19(25)17-8-4-10-20-17)23-14-12-22(13-15-23)16-6-2-1-3-7-16/h1-3,6-7,17,20H,4-5,8-15H2,(H,21,25). The van der Waals surface area contributed by atoms with Crippen LogP contribution in [0, 0.1) is 0 Å². The van der Waals surface area contributed by atoms with Gasteiger partial charge in [0, 0.05) is 44.8 Å². The molecule has 136 valence electrons. The van der Waals surface area contributed by atoms with Crippen molar-refractivity contribution < 1.29 is 9.59 Å². The van der Waals surface area contributed by atoms with Crippen LogP contribution < -0.4 is 15.5 Å². The number of hydrogen-bond acceptors (Lipinski definition) is 4. The summed E-state index contributed by atoms with van der Waals surface area (Å²) < 4.78 is 0. The Hall–Kier alpha value is -2.08. The van der Waals surface area contributed by atoms with Crippen LogP contribution in [0.2, 0.25) is 0 Å². The number of nitrogens with zero attached hydrogens (tertiary/aromatic N) is 2. The van der Waals surface area contributed by atoms with Gasteiger partial charge in [-0.3, -0.25) is 9.59 Å². The van der Waals surface area contributed by atoms with Gasteiger partial charge in [0.25, 0.3) is 0 Å². The molecule has 2 fully saturated rings. The number of carbonyl (C=O) groups is 2. The van der Waals surface area contributed by atoms with Crippen molar-refractivity contribution in [2.45, 2.75) is 31.7 Å². The van der Waals surface area contributed by atoms with E-state index in [2.05, 4.69) is 27.7 Å². The predicted molar refractivity (Wildman–Crippen MR) is 98.5 cm³/mol. The molecule has 3 rings (SSSR count). The number of rotatable bonds is 6. The van der Waals surface area contributed by atoms with Crippen molar-refractivity contribution in [2.75, 3.05) is 44.2 Å². The fraction of sp³-hybridized carbons (Fsp3) is 0.579. The first-order chi connectivity index (χ1) is 12.2. The molecule has 0 radical (unpaired) electrons. The Bertz CT molecular complexity index is 564. The third kappa shape index (κ3) is 4.95. The second-order valence-corrected chi connectivity index (χ2v) is 6.75. The Labute approximate surface area is 149 Å². The summed E-state index contributed by atoms with van der Waals surface area (Å²) in [5.41, 5.74) is 1.22. The van der Waals surface area contributed by atoms with E-state index in [1.165, 1.54) is 5.69 Å². The van der Waals surface area contributed by atoms with Crippen molar-refractivity contribution in [3.63, 3.8) is 0 Å². The molecule has 0 saturated carbocycles. The number of anilines is 1. The SMILES string of the molecule is O=C(NCCCC(=O)N1CCN(c2ccccc2)CC1)C1CCCN1. The van der Waals surface area contributed by atoms with Crippen molar-refractivity contribution in [3.8, 4) is 0 Å². The van der Waals surface area contributed by atoms with Gasteiger partial charge in [0.1, 0.15) is 0 Å². The fourth-order valence-electron chi connectivity index (χ4n) is 3.49. The first kappa shape index (κ1) is 17.7. The van der Waals surface area contributed by atoms with Crippen LogP contribution in [-0.2, 0) is 9.59 Å². The van der Waals surface area contributed by atoms with Gasteiger partial charge in [-0.15, -0.1) is 0 Å². The normalized spacial score (nSPS) is 20.6. The molecule has 0 aromatic heterocycles. The first-order valence-electron chi connectivity index (χ1n) is 9.33. The summed E-state index contributed by atoms with van der Waals surface area (Å²) in [4.78, 5) is 28.5. The van der Waals surface area contributed by atoms with Crippen LogP contribution in [0.4, 0.5) is 5.69 Å². The van der Waals surface area contributed by atoms with Crippen molar-refractivity contribution in [3.05, 3.63) is 30.3 Å². The molecule has 2 aliphatic heterocycles. The summed E-state index contributed by atoms with van der Waals surface area (Å²) in [6.45, 7) is 4.79. The average Bonchev–Trinajstić information content (AvgIpc) is 3.21. The van der Waals surface area contributed by atoms with E-state index in [0.29, 0.717) is 19.4 Å². The monoisotopic (exact) mass is 344 g/mol. The largest absolute Gasteiger partial charge is 0.368 e. The van der Waals surface area contributed by atoms with Crippen LogP contribution in [0.3, 0.4) is 0 Å². The van der Waals surface area contributed by atoms with Gasteiger partial charge in [-0.1, -0.05) is 18.2 Å². The molecular formula is C19H28N4O2. The van der Waals surface area contributed by atoms with E-state index < -0.39 is 0 Å². The van der Waals surface area contributed by atoms with Crippen LogP contribution >= 0.6 is 0 Å². The molecule has 2 N–H and O–H groups in total. The highest BCUT2D eigenvalue weighted by Crippen LogP contribution is 2.16. The van der Waals surface area contributed by atoms with E-state index in [-0.39, 0.29) is 17.9 Å². The number of nitrogens with one attached hydrogen (secondary N) is 2. The molecule has 25 heavy (non-hydrogen) atoms. The highest BCUT2D eigenvalue weighted by molar-refractivity contribution is 5.82. The molecule has 2 aliphatic rings.